The van der Waals surface area contributed by atoms with Crippen LogP contribution in [-0.4, -0.2) is 24.5 Å². The van der Waals surface area contributed by atoms with Gasteiger partial charge in [0, 0.05) is 6.20 Å². The number of nitrogens with zero attached hydrogens (tertiary/aromatic N) is 1. The second kappa shape index (κ2) is 5.66. The molecule has 0 aliphatic carbocycles. The van der Waals surface area contributed by atoms with Crippen LogP contribution in [0.3, 0.4) is 0 Å². The number of carbonyl (C=O) groups is 1. The third-order valence-electron chi connectivity index (χ3n) is 2.47. The van der Waals surface area contributed by atoms with Crippen molar-refractivity contribution >= 4 is 33.3 Å². The monoisotopic (exact) mass is 330 g/mol. The van der Waals surface area contributed by atoms with Gasteiger partial charge in [0.2, 0.25) is 0 Å². The Bertz CT molecular complexity index is 811. The van der Waals surface area contributed by atoms with Crippen molar-refractivity contribution in [2.45, 2.75) is 4.90 Å². The van der Waals surface area contributed by atoms with Crippen molar-refractivity contribution in [3.05, 3.63) is 53.1 Å². The molecular weight excluding hydrogens is 323 g/mol. The maximum absolute atomic E-state index is 13.7. The Hall–Kier alpha value is -2.19. The fraction of sp³-hybridized carbons (Fsp3) is 0. The van der Waals surface area contributed by atoms with Crippen LogP contribution in [0.15, 0.2) is 41.4 Å². The Labute approximate surface area is 124 Å². The molecule has 1 aromatic heterocycles. The number of sulfonamides is 1. The first-order chi connectivity index (χ1) is 9.81. The number of nitrogens with one attached hydrogen (secondary N) is 1. The van der Waals surface area contributed by atoms with Gasteiger partial charge in [0.15, 0.2) is 5.15 Å². The molecule has 21 heavy (non-hydrogen) atoms. The molecule has 110 valence electrons. The van der Waals surface area contributed by atoms with Crippen molar-refractivity contribution in [2.75, 3.05) is 4.72 Å². The fourth-order valence-electron chi connectivity index (χ4n) is 1.50. The predicted molar refractivity (Wildman–Crippen MR) is 73.4 cm³/mol. The largest absolute Gasteiger partial charge is 0.478 e. The number of anilines is 1. The minimum atomic E-state index is -4.34. The summed E-state index contributed by atoms with van der Waals surface area (Å²) in [5.74, 6) is -2.45. The smallest absolute Gasteiger partial charge is 0.335 e. The van der Waals surface area contributed by atoms with Crippen molar-refractivity contribution in [3.63, 3.8) is 0 Å². The van der Waals surface area contributed by atoms with Gasteiger partial charge in [-0.2, -0.15) is 0 Å². The van der Waals surface area contributed by atoms with E-state index < -0.39 is 26.7 Å². The van der Waals surface area contributed by atoms with E-state index in [9.17, 15) is 17.6 Å². The van der Waals surface area contributed by atoms with Gasteiger partial charge in [-0.25, -0.2) is 22.6 Å². The second-order valence-electron chi connectivity index (χ2n) is 3.90. The van der Waals surface area contributed by atoms with Crippen molar-refractivity contribution in [2.24, 2.45) is 0 Å². The summed E-state index contributed by atoms with van der Waals surface area (Å²) in [6.45, 7) is 0. The van der Waals surface area contributed by atoms with E-state index >= 15 is 0 Å². The number of aromatic nitrogens is 1. The van der Waals surface area contributed by atoms with Gasteiger partial charge in [0.05, 0.1) is 11.3 Å². The molecule has 2 aromatic rings. The molecular formula is C12H8ClFN2O4S. The SMILES string of the molecule is O=C(O)c1ccc(F)c(S(=O)(=O)Nc2cccnc2Cl)c1. The molecule has 0 radical (unpaired) electrons. The zero-order valence-corrected chi connectivity index (χ0v) is 11.8. The van der Waals surface area contributed by atoms with Gasteiger partial charge in [-0.1, -0.05) is 11.6 Å². The maximum atomic E-state index is 13.7. The summed E-state index contributed by atoms with van der Waals surface area (Å²) < 4.78 is 40.0. The zero-order chi connectivity index (χ0) is 15.6. The number of pyridine rings is 1. The summed E-state index contributed by atoms with van der Waals surface area (Å²) in [5, 5.41) is 8.72. The third kappa shape index (κ3) is 3.29. The molecule has 2 N–H and O–H groups in total. The minimum Gasteiger partial charge on any atom is -0.478 e. The number of hydrogen-bond donors (Lipinski definition) is 2. The lowest BCUT2D eigenvalue weighted by molar-refractivity contribution is 0.0696. The molecule has 0 bridgehead atoms. The van der Waals surface area contributed by atoms with E-state index in [1.807, 2.05) is 0 Å². The normalized spacial score (nSPS) is 11.1. The summed E-state index contributed by atoms with van der Waals surface area (Å²) in [5.41, 5.74) is -0.395. The van der Waals surface area contributed by atoms with Crippen LogP contribution in [0.5, 0.6) is 0 Å². The molecule has 1 heterocycles. The van der Waals surface area contributed by atoms with Crippen molar-refractivity contribution in [1.82, 2.24) is 4.98 Å². The molecule has 0 saturated carbocycles. The van der Waals surface area contributed by atoms with E-state index in [0.29, 0.717) is 0 Å². The molecule has 6 nitrogen and oxygen atoms in total. The van der Waals surface area contributed by atoms with Crippen LogP contribution in [0.4, 0.5) is 10.1 Å². The van der Waals surface area contributed by atoms with Gasteiger partial charge in [-0.15, -0.1) is 0 Å². The highest BCUT2D eigenvalue weighted by Crippen LogP contribution is 2.24. The first-order valence-corrected chi connectivity index (χ1v) is 7.33. The quantitative estimate of drug-likeness (QED) is 0.839. The van der Waals surface area contributed by atoms with Crippen LogP contribution >= 0.6 is 11.6 Å². The lowest BCUT2D eigenvalue weighted by Gasteiger charge is -2.10. The molecule has 9 heteroatoms. The minimum absolute atomic E-state index is 0.0423. The van der Waals surface area contributed by atoms with E-state index in [0.717, 1.165) is 18.2 Å². The summed E-state index contributed by atoms with van der Waals surface area (Å²) >= 11 is 5.71. The van der Waals surface area contributed by atoms with Crippen LogP contribution in [0.25, 0.3) is 0 Å². The van der Waals surface area contributed by atoms with E-state index in [1.165, 1.54) is 18.3 Å². The van der Waals surface area contributed by atoms with E-state index in [1.54, 1.807) is 0 Å². The molecule has 0 atom stereocenters. The maximum Gasteiger partial charge on any atom is 0.335 e. The molecule has 0 aliphatic rings. The Balaban J connectivity index is 2.47. The van der Waals surface area contributed by atoms with Crippen LogP contribution < -0.4 is 4.72 Å². The van der Waals surface area contributed by atoms with Crippen LogP contribution in [-0.2, 0) is 10.0 Å². The molecule has 2 rings (SSSR count). The van der Waals surface area contributed by atoms with Crippen molar-refractivity contribution in [3.8, 4) is 0 Å². The first-order valence-electron chi connectivity index (χ1n) is 5.47. The van der Waals surface area contributed by atoms with Crippen LogP contribution in [0.2, 0.25) is 5.15 Å². The zero-order valence-electron chi connectivity index (χ0n) is 10.2. The Morgan fingerprint density at radius 1 is 1.33 bits per heavy atom. The number of aromatic carboxylic acids is 1. The van der Waals surface area contributed by atoms with Crippen molar-refractivity contribution in [1.29, 1.82) is 0 Å². The van der Waals surface area contributed by atoms with Gasteiger partial charge in [0.1, 0.15) is 10.7 Å². The number of carboxylic acid groups (broad SMARTS) is 1. The number of rotatable bonds is 4. The summed E-state index contributed by atoms with van der Waals surface area (Å²) in [6.07, 6.45) is 1.35. The summed E-state index contributed by atoms with van der Waals surface area (Å²) in [4.78, 5) is 13.7. The Morgan fingerprint density at radius 2 is 2.05 bits per heavy atom. The molecule has 0 unspecified atom stereocenters. The van der Waals surface area contributed by atoms with Gasteiger partial charge >= 0.3 is 5.97 Å². The van der Waals surface area contributed by atoms with E-state index in [-0.39, 0.29) is 16.4 Å². The van der Waals surface area contributed by atoms with Gasteiger partial charge < -0.3 is 5.11 Å². The third-order valence-corrected chi connectivity index (χ3v) is 4.15. The lowest BCUT2D eigenvalue weighted by Crippen LogP contribution is -2.16. The lowest BCUT2D eigenvalue weighted by atomic mass is 10.2. The molecule has 0 aliphatic heterocycles. The van der Waals surface area contributed by atoms with Crippen LogP contribution in [0.1, 0.15) is 10.4 Å². The summed E-state index contributed by atoms with van der Waals surface area (Å²) in [7, 11) is -4.34. The van der Waals surface area contributed by atoms with Crippen molar-refractivity contribution < 1.29 is 22.7 Å². The predicted octanol–water partition coefficient (Wildman–Crippen LogP) is 2.37. The molecule has 0 fully saturated rings. The van der Waals surface area contributed by atoms with E-state index in [2.05, 4.69) is 9.71 Å². The Kier molecular flexibility index (Phi) is 4.10. The van der Waals surface area contributed by atoms with Gasteiger partial charge in [-0.05, 0) is 30.3 Å². The molecule has 0 spiro atoms. The molecule has 0 saturated heterocycles. The van der Waals surface area contributed by atoms with Gasteiger partial charge in [0.25, 0.3) is 10.0 Å². The number of hydrogen-bond acceptors (Lipinski definition) is 4. The number of carboxylic acids is 1. The summed E-state index contributed by atoms with van der Waals surface area (Å²) in [6, 6.07) is 5.24. The van der Waals surface area contributed by atoms with Gasteiger partial charge in [-0.3, -0.25) is 4.72 Å². The van der Waals surface area contributed by atoms with E-state index in [4.69, 9.17) is 16.7 Å². The topological polar surface area (TPSA) is 96.4 Å². The molecule has 0 amide bonds. The second-order valence-corrected chi connectivity index (χ2v) is 5.91. The highest BCUT2D eigenvalue weighted by molar-refractivity contribution is 7.92. The highest BCUT2D eigenvalue weighted by atomic mass is 35.5. The average molecular weight is 331 g/mol. The first kappa shape index (κ1) is 15.2. The fourth-order valence-corrected chi connectivity index (χ4v) is 2.90. The molecule has 1 aromatic carbocycles. The Morgan fingerprint density at radius 3 is 2.67 bits per heavy atom. The highest BCUT2D eigenvalue weighted by Gasteiger charge is 2.22. The average Bonchev–Trinajstić information content (AvgIpc) is 2.41. The standard InChI is InChI=1S/C12H8ClFN2O4S/c13-11-9(2-1-5-15-11)16-21(19,20)10-6-7(12(17)18)3-4-8(10)14/h1-6,16H,(H,17,18). The number of benzene rings is 1. The van der Waals surface area contributed by atoms with Crippen LogP contribution in [0, 0.1) is 5.82 Å². The number of halogens is 2.